The van der Waals surface area contributed by atoms with Crippen molar-refractivity contribution < 1.29 is 18.7 Å². The molecule has 3 aromatic rings. The van der Waals surface area contributed by atoms with E-state index in [-0.39, 0.29) is 30.4 Å². The van der Waals surface area contributed by atoms with Crippen LogP contribution in [0.15, 0.2) is 66.9 Å². The first-order valence-electron chi connectivity index (χ1n) is 11.0. The molecular weight excluding hydrogens is 424 g/mol. The molecule has 7 heteroatoms. The van der Waals surface area contributed by atoms with Crippen LogP contribution in [-0.4, -0.2) is 40.0 Å². The second-order valence-electron chi connectivity index (χ2n) is 8.56. The van der Waals surface area contributed by atoms with E-state index in [0.717, 1.165) is 24.8 Å². The third kappa shape index (κ3) is 5.61. The molecule has 0 radical (unpaired) electrons. The molecule has 172 valence electrons. The number of aromatic nitrogens is 1. The van der Waals surface area contributed by atoms with Crippen LogP contribution in [0, 0.1) is 11.8 Å². The van der Waals surface area contributed by atoms with E-state index in [2.05, 4.69) is 10.3 Å². The molecule has 1 aliphatic heterocycles. The largest absolute Gasteiger partial charge is 0.387 e. The first-order valence-corrected chi connectivity index (χ1v) is 11.0. The highest BCUT2D eigenvalue weighted by molar-refractivity contribution is 5.94. The zero-order valence-electron chi connectivity index (χ0n) is 18.4. The van der Waals surface area contributed by atoms with Crippen molar-refractivity contribution in [1.29, 1.82) is 0 Å². The van der Waals surface area contributed by atoms with Gasteiger partial charge in [-0.25, -0.2) is 9.37 Å². The molecule has 1 aliphatic rings. The van der Waals surface area contributed by atoms with Crippen LogP contribution >= 0.6 is 0 Å². The van der Waals surface area contributed by atoms with Crippen molar-refractivity contribution >= 4 is 5.91 Å². The van der Waals surface area contributed by atoms with Gasteiger partial charge in [0, 0.05) is 36.5 Å². The third-order valence-corrected chi connectivity index (χ3v) is 6.12. The van der Waals surface area contributed by atoms with Crippen molar-refractivity contribution in [3.05, 3.63) is 101 Å². The SMILES string of the molecule is CN(Cc1cccnc1F)C(=O)c1ccc(C[C@@H]2CC[C@H]([C@H](O)c3cccc(F)c3)N2)cc1. The normalized spacial score (nSPS) is 18.8. The lowest BCUT2D eigenvalue weighted by atomic mass is 10.0. The van der Waals surface area contributed by atoms with E-state index in [4.69, 9.17) is 0 Å². The number of amides is 1. The Hall–Kier alpha value is -3.16. The molecule has 0 aliphatic carbocycles. The van der Waals surface area contributed by atoms with Crippen molar-refractivity contribution in [3.63, 3.8) is 0 Å². The molecular formula is C26H27F2N3O2. The van der Waals surface area contributed by atoms with Crippen LogP contribution < -0.4 is 5.32 Å². The Morgan fingerprint density at radius 1 is 1.15 bits per heavy atom. The second kappa shape index (κ2) is 10.2. The summed E-state index contributed by atoms with van der Waals surface area (Å²) in [6.45, 7) is 0.140. The maximum atomic E-state index is 13.8. The lowest BCUT2D eigenvalue weighted by Gasteiger charge is -2.21. The number of benzene rings is 2. The molecule has 1 fully saturated rings. The molecule has 0 unspecified atom stereocenters. The molecule has 4 rings (SSSR count). The van der Waals surface area contributed by atoms with Gasteiger partial charge in [-0.1, -0.05) is 30.3 Å². The van der Waals surface area contributed by atoms with Crippen LogP contribution in [0.2, 0.25) is 0 Å². The first-order chi connectivity index (χ1) is 15.9. The van der Waals surface area contributed by atoms with Crippen LogP contribution in [0.4, 0.5) is 8.78 Å². The zero-order valence-corrected chi connectivity index (χ0v) is 18.4. The summed E-state index contributed by atoms with van der Waals surface area (Å²) in [7, 11) is 1.63. The highest BCUT2D eigenvalue weighted by Crippen LogP contribution is 2.27. The Morgan fingerprint density at radius 2 is 1.94 bits per heavy atom. The van der Waals surface area contributed by atoms with Gasteiger partial charge in [-0.05, 0) is 60.7 Å². The van der Waals surface area contributed by atoms with Crippen molar-refractivity contribution in [1.82, 2.24) is 15.2 Å². The number of hydrogen-bond acceptors (Lipinski definition) is 4. The number of halogens is 2. The Kier molecular flexibility index (Phi) is 7.11. The molecule has 1 saturated heterocycles. The molecule has 33 heavy (non-hydrogen) atoms. The smallest absolute Gasteiger partial charge is 0.253 e. The minimum absolute atomic E-state index is 0.126. The predicted octanol–water partition coefficient (Wildman–Crippen LogP) is 4.03. The highest BCUT2D eigenvalue weighted by atomic mass is 19.1. The lowest BCUT2D eigenvalue weighted by molar-refractivity contribution is 0.0783. The number of aliphatic hydroxyl groups excluding tert-OH is 1. The van der Waals surface area contributed by atoms with E-state index in [1.54, 1.807) is 43.4 Å². The summed E-state index contributed by atoms with van der Waals surface area (Å²) in [5, 5.41) is 14.1. The van der Waals surface area contributed by atoms with Gasteiger partial charge in [-0.2, -0.15) is 4.39 Å². The third-order valence-electron chi connectivity index (χ3n) is 6.12. The molecule has 1 amide bonds. The van der Waals surface area contributed by atoms with Gasteiger partial charge in [0.05, 0.1) is 12.6 Å². The number of nitrogens with zero attached hydrogens (tertiary/aromatic N) is 2. The number of carbonyl (C=O) groups excluding carboxylic acids is 1. The standard InChI is InChI=1S/C26H27F2N3O2/c1-31(16-20-5-3-13-29-25(20)28)26(33)18-9-7-17(8-10-18)14-22-11-12-23(30-22)24(32)19-4-2-6-21(27)15-19/h2-10,13,15,22-24,30,32H,11-12,14,16H2,1H3/t22-,23+,24+/m0/s1. The monoisotopic (exact) mass is 451 g/mol. The fourth-order valence-electron chi connectivity index (χ4n) is 4.34. The number of pyridine rings is 1. The minimum atomic E-state index is -0.758. The summed E-state index contributed by atoms with van der Waals surface area (Å²) < 4.78 is 27.2. The van der Waals surface area contributed by atoms with Gasteiger partial charge in [-0.15, -0.1) is 0 Å². The van der Waals surface area contributed by atoms with Gasteiger partial charge in [-0.3, -0.25) is 4.79 Å². The number of carbonyl (C=O) groups is 1. The van der Waals surface area contributed by atoms with Crippen LogP contribution in [-0.2, 0) is 13.0 Å². The Balaban J connectivity index is 1.32. The van der Waals surface area contributed by atoms with Gasteiger partial charge >= 0.3 is 0 Å². The van der Waals surface area contributed by atoms with Crippen molar-refractivity contribution in [2.75, 3.05) is 7.05 Å². The van der Waals surface area contributed by atoms with Crippen LogP contribution in [0.3, 0.4) is 0 Å². The van der Waals surface area contributed by atoms with Crippen molar-refractivity contribution in [2.24, 2.45) is 0 Å². The van der Waals surface area contributed by atoms with E-state index in [1.165, 1.54) is 23.2 Å². The summed E-state index contributed by atoms with van der Waals surface area (Å²) >= 11 is 0. The second-order valence-corrected chi connectivity index (χ2v) is 8.56. The summed E-state index contributed by atoms with van der Waals surface area (Å²) in [6, 6.07) is 16.8. The van der Waals surface area contributed by atoms with E-state index in [1.807, 2.05) is 12.1 Å². The van der Waals surface area contributed by atoms with Crippen molar-refractivity contribution in [2.45, 2.75) is 44.0 Å². The van der Waals surface area contributed by atoms with Gasteiger partial charge in [0.2, 0.25) is 5.95 Å². The number of aliphatic hydroxyl groups is 1. The first kappa shape index (κ1) is 23.0. The minimum Gasteiger partial charge on any atom is -0.387 e. The molecule has 1 aromatic heterocycles. The Labute approximate surface area is 192 Å². The molecule has 0 saturated carbocycles. The zero-order chi connectivity index (χ0) is 23.4. The van der Waals surface area contributed by atoms with E-state index in [9.17, 15) is 18.7 Å². The van der Waals surface area contributed by atoms with Crippen LogP contribution in [0.25, 0.3) is 0 Å². The highest BCUT2D eigenvalue weighted by Gasteiger charge is 2.30. The summed E-state index contributed by atoms with van der Waals surface area (Å²) in [5.41, 5.74) is 2.55. The Morgan fingerprint density at radius 3 is 2.67 bits per heavy atom. The summed E-state index contributed by atoms with van der Waals surface area (Å²) in [6.07, 6.45) is 3.08. The predicted molar refractivity (Wildman–Crippen MR) is 121 cm³/mol. The van der Waals surface area contributed by atoms with Crippen LogP contribution in [0.1, 0.15) is 46.0 Å². The molecule has 0 spiro atoms. The average Bonchev–Trinajstić information content (AvgIpc) is 3.28. The molecule has 0 bridgehead atoms. The number of nitrogens with one attached hydrogen (secondary N) is 1. The molecule has 2 heterocycles. The summed E-state index contributed by atoms with van der Waals surface area (Å²) in [5.74, 6) is -1.12. The Bertz CT molecular complexity index is 1110. The van der Waals surface area contributed by atoms with E-state index >= 15 is 0 Å². The fourth-order valence-corrected chi connectivity index (χ4v) is 4.34. The van der Waals surface area contributed by atoms with Gasteiger partial charge in [0.15, 0.2) is 0 Å². The molecule has 2 N–H and O–H groups in total. The quantitative estimate of drug-likeness (QED) is 0.533. The van der Waals surface area contributed by atoms with Gasteiger partial charge in [0.1, 0.15) is 5.82 Å². The lowest BCUT2D eigenvalue weighted by Crippen LogP contribution is -2.35. The topological polar surface area (TPSA) is 65.5 Å². The van der Waals surface area contributed by atoms with Crippen LogP contribution in [0.5, 0.6) is 0 Å². The van der Waals surface area contributed by atoms with Crippen molar-refractivity contribution in [3.8, 4) is 0 Å². The number of hydrogen-bond donors (Lipinski definition) is 2. The van der Waals surface area contributed by atoms with Gasteiger partial charge < -0.3 is 15.3 Å². The average molecular weight is 452 g/mol. The number of rotatable bonds is 7. The maximum absolute atomic E-state index is 13.8. The maximum Gasteiger partial charge on any atom is 0.253 e. The van der Waals surface area contributed by atoms with E-state index in [0.29, 0.717) is 16.7 Å². The molecule has 3 atom stereocenters. The van der Waals surface area contributed by atoms with E-state index < -0.39 is 12.1 Å². The summed E-state index contributed by atoms with van der Waals surface area (Å²) in [4.78, 5) is 17.8. The molecule has 5 nitrogen and oxygen atoms in total. The fraction of sp³-hybridized carbons (Fsp3) is 0.308. The molecule has 2 aromatic carbocycles. The van der Waals surface area contributed by atoms with Gasteiger partial charge in [0.25, 0.3) is 5.91 Å².